The zero-order valence-electron chi connectivity index (χ0n) is 18.9. The van der Waals surface area contributed by atoms with Crippen LogP contribution in [0.3, 0.4) is 0 Å². The predicted octanol–water partition coefficient (Wildman–Crippen LogP) is 7.76. The molecular weight excluding hydrogens is 535 g/mol. The van der Waals surface area contributed by atoms with Gasteiger partial charge >= 0.3 is 0 Å². The maximum Gasteiger partial charge on any atom is 0.278 e. The van der Waals surface area contributed by atoms with Crippen LogP contribution >= 0.6 is 46.3 Å². The Kier molecular flexibility index (Phi) is 6.62. The van der Waals surface area contributed by atoms with Gasteiger partial charge in [0.2, 0.25) is 0 Å². The molecule has 0 bridgehead atoms. The number of thioether (sulfide) groups is 1. The summed E-state index contributed by atoms with van der Waals surface area (Å²) in [4.78, 5) is 7.06. The Bertz CT molecular complexity index is 1460. The molecule has 182 valence electrons. The van der Waals surface area contributed by atoms with Crippen LogP contribution in [0.2, 0.25) is 10.0 Å². The zero-order chi connectivity index (χ0) is 24.5. The maximum atomic E-state index is 6.30. The number of nitrogens with zero attached hydrogens (tertiary/aromatic N) is 4. The minimum absolute atomic E-state index is 0.332. The van der Waals surface area contributed by atoms with E-state index in [1.807, 2.05) is 58.6 Å². The zero-order valence-corrected chi connectivity index (χ0v) is 22.1. The second-order valence-electron chi connectivity index (χ2n) is 8.38. The number of rotatable bonds is 6. The van der Waals surface area contributed by atoms with E-state index in [-0.39, 0.29) is 4.75 Å². The van der Waals surface area contributed by atoms with Crippen molar-refractivity contribution in [3.05, 3.63) is 88.0 Å². The number of benzene rings is 2. The number of ether oxygens (including phenoxy) is 1. The van der Waals surface area contributed by atoms with E-state index in [9.17, 15) is 0 Å². The maximum absolute atomic E-state index is 6.30. The van der Waals surface area contributed by atoms with Crippen LogP contribution in [0.25, 0.3) is 27.8 Å². The lowest BCUT2D eigenvalue weighted by Gasteiger charge is -2.33. The molecule has 5 aromatic rings. The molecule has 6 nitrogen and oxygen atoms in total. The Morgan fingerprint density at radius 1 is 0.944 bits per heavy atom. The molecule has 1 fully saturated rings. The van der Waals surface area contributed by atoms with Gasteiger partial charge in [0, 0.05) is 28.2 Å². The van der Waals surface area contributed by atoms with Crippen LogP contribution in [-0.2, 0) is 9.48 Å². The largest absolute Gasteiger partial charge is 0.381 e. The van der Waals surface area contributed by atoms with Crippen LogP contribution in [0.5, 0.6) is 0 Å². The van der Waals surface area contributed by atoms with E-state index in [4.69, 9.17) is 42.5 Å². The molecule has 1 aliphatic rings. The fourth-order valence-electron chi connectivity index (χ4n) is 4.24. The summed E-state index contributed by atoms with van der Waals surface area (Å²) in [6.45, 7) is 1.30. The first-order valence-corrected chi connectivity index (χ1v) is 13.8. The van der Waals surface area contributed by atoms with Crippen molar-refractivity contribution >= 4 is 46.3 Å². The number of hydrogen-bond donors (Lipinski definition) is 0. The lowest BCUT2D eigenvalue weighted by Crippen LogP contribution is -2.31. The number of aromatic nitrogens is 4. The van der Waals surface area contributed by atoms with Gasteiger partial charge in [-0.1, -0.05) is 52.6 Å². The van der Waals surface area contributed by atoms with Crippen LogP contribution in [0.4, 0.5) is 0 Å². The fraction of sp³-hybridized carbons (Fsp3) is 0.192. The first-order chi connectivity index (χ1) is 17.6. The molecule has 6 rings (SSSR count). The molecule has 1 aliphatic heterocycles. The second kappa shape index (κ2) is 10.0. The van der Waals surface area contributed by atoms with Gasteiger partial charge in [0.05, 0.1) is 21.0 Å². The fourth-order valence-corrected chi connectivity index (χ4v) is 6.77. The van der Waals surface area contributed by atoms with Crippen molar-refractivity contribution in [2.75, 3.05) is 13.2 Å². The second-order valence-corrected chi connectivity index (χ2v) is 11.7. The van der Waals surface area contributed by atoms with Crippen molar-refractivity contribution in [2.24, 2.45) is 0 Å². The van der Waals surface area contributed by atoms with Crippen LogP contribution in [-0.4, -0.2) is 33.1 Å². The van der Waals surface area contributed by atoms with E-state index >= 15 is 0 Å². The smallest absolute Gasteiger partial charge is 0.278 e. The van der Waals surface area contributed by atoms with Gasteiger partial charge in [-0.25, -0.2) is 4.68 Å². The third-order valence-corrected chi connectivity index (χ3v) is 8.80. The van der Waals surface area contributed by atoms with E-state index in [0.29, 0.717) is 40.7 Å². The molecule has 0 spiro atoms. The lowest BCUT2D eigenvalue weighted by molar-refractivity contribution is 0.0742. The van der Waals surface area contributed by atoms with Crippen molar-refractivity contribution in [1.82, 2.24) is 19.9 Å². The molecule has 0 saturated carbocycles. The first-order valence-electron chi connectivity index (χ1n) is 11.4. The third-order valence-electron chi connectivity index (χ3n) is 5.98. The summed E-state index contributed by atoms with van der Waals surface area (Å²) in [5, 5.41) is 12.4. The predicted molar refractivity (Wildman–Crippen MR) is 144 cm³/mol. The molecule has 0 atom stereocenters. The molecule has 4 heterocycles. The van der Waals surface area contributed by atoms with Crippen LogP contribution < -0.4 is 0 Å². The SMILES string of the molecule is Clc1cc(Cl)cc(-n2nc(-c3nc(C4(Sc5ccccc5)CCOCC4)no3)cc2-c2cccs2)c1. The van der Waals surface area contributed by atoms with Gasteiger partial charge in [-0.05, 0) is 60.7 Å². The van der Waals surface area contributed by atoms with E-state index in [0.717, 1.165) is 34.0 Å². The highest BCUT2D eigenvalue weighted by Gasteiger charge is 2.40. The Morgan fingerprint density at radius 3 is 2.44 bits per heavy atom. The summed E-state index contributed by atoms with van der Waals surface area (Å²) in [5.41, 5.74) is 2.22. The first kappa shape index (κ1) is 23.8. The average molecular weight is 556 g/mol. The highest BCUT2D eigenvalue weighted by atomic mass is 35.5. The van der Waals surface area contributed by atoms with Crippen molar-refractivity contribution in [2.45, 2.75) is 22.5 Å². The Labute approximate surface area is 226 Å². The third kappa shape index (κ3) is 4.71. The van der Waals surface area contributed by atoms with E-state index in [1.54, 1.807) is 29.2 Å². The van der Waals surface area contributed by atoms with Crippen LogP contribution in [0.15, 0.2) is 81.5 Å². The molecule has 2 aromatic carbocycles. The van der Waals surface area contributed by atoms with Crippen molar-refractivity contribution in [3.8, 4) is 27.8 Å². The Balaban J connectivity index is 1.41. The number of hydrogen-bond acceptors (Lipinski definition) is 7. The van der Waals surface area contributed by atoms with Crippen molar-refractivity contribution in [1.29, 1.82) is 0 Å². The molecule has 1 saturated heterocycles. The Morgan fingerprint density at radius 2 is 1.72 bits per heavy atom. The van der Waals surface area contributed by atoms with E-state index < -0.39 is 0 Å². The van der Waals surface area contributed by atoms with Gasteiger partial charge in [0.25, 0.3) is 5.89 Å². The molecular formula is C26H20Cl2N4O2S2. The van der Waals surface area contributed by atoms with Gasteiger partial charge < -0.3 is 9.26 Å². The molecule has 0 amide bonds. The normalized spacial score (nSPS) is 15.3. The molecule has 0 N–H and O–H groups in total. The summed E-state index contributed by atoms with van der Waals surface area (Å²) in [6, 6.07) is 21.7. The molecule has 0 aliphatic carbocycles. The summed E-state index contributed by atoms with van der Waals surface area (Å²) < 4.78 is 12.9. The summed E-state index contributed by atoms with van der Waals surface area (Å²) in [7, 11) is 0. The van der Waals surface area contributed by atoms with Gasteiger partial charge in [0.1, 0.15) is 0 Å². The average Bonchev–Trinajstić information content (AvgIpc) is 3.65. The van der Waals surface area contributed by atoms with E-state index in [1.165, 1.54) is 0 Å². The molecule has 10 heteroatoms. The topological polar surface area (TPSA) is 66.0 Å². The van der Waals surface area contributed by atoms with Gasteiger partial charge in [-0.3, -0.25) is 0 Å². The van der Waals surface area contributed by atoms with Crippen LogP contribution in [0.1, 0.15) is 18.7 Å². The minimum atomic E-state index is -0.332. The van der Waals surface area contributed by atoms with Crippen molar-refractivity contribution < 1.29 is 9.26 Å². The van der Waals surface area contributed by atoms with Gasteiger partial charge in [-0.2, -0.15) is 10.1 Å². The standard InChI is InChI=1S/C26H20Cl2N4O2S2/c27-17-13-18(28)15-19(14-17)32-22(23-7-4-12-35-23)16-21(30-32)24-29-25(31-34-24)26(8-10-33-11-9-26)36-20-5-2-1-3-6-20/h1-7,12-16H,8-11H2. The molecule has 0 unspecified atom stereocenters. The molecule has 0 radical (unpaired) electrons. The monoisotopic (exact) mass is 554 g/mol. The summed E-state index contributed by atoms with van der Waals surface area (Å²) in [5.74, 6) is 1.03. The summed E-state index contributed by atoms with van der Waals surface area (Å²) >= 11 is 16.0. The van der Waals surface area contributed by atoms with Crippen LogP contribution in [0, 0.1) is 0 Å². The number of halogens is 2. The molecule has 3 aromatic heterocycles. The summed E-state index contributed by atoms with van der Waals surface area (Å²) in [6.07, 6.45) is 1.59. The highest BCUT2D eigenvalue weighted by molar-refractivity contribution is 8.00. The lowest BCUT2D eigenvalue weighted by atomic mass is 9.98. The minimum Gasteiger partial charge on any atom is -0.381 e. The quantitative estimate of drug-likeness (QED) is 0.213. The number of thiophene rings is 1. The van der Waals surface area contributed by atoms with Gasteiger partial charge in [0.15, 0.2) is 11.5 Å². The highest BCUT2D eigenvalue weighted by Crippen LogP contribution is 2.47. The van der Waals surface area contributed by atoms with Gasteiger partial charge in [-0.15, -0.1) is 23.1 Å². The van der Waals surface area contributed by atoms with E-state index in [2.05, 4.69) is 17.3 Å². The Hall–Kier alpha value is -2.62. The molecule has 36 heavy (non-hydrogen) atoms. The van der Waals surface area contributed by atoms with Crippen molar-refractivity contribution in [3.63, 3.8) is 0 Å².